The predicted molar refractivity (Wildman–Crippen MR) is 80.3 cm³/mol. The van der Waals surface area contributed by atoms with Crippen molar-refractivity contribution in [2.75, 3.05) is 5.73 Å². The highest BCUT2D eigenvalue weighted by Gasteiger charge is 2.18. The maximum atomic E-state index is 14.1. The van der Waals surface area contributed by atoms with Gasteiger partial charge in [-0.15, -0.1) is 6.42 Å². The standard InChI is InChI=1S/C15H18FNS/c1-6-12-13(8(2)7-9(3)18)10(4)11(5)15(17)14(12)16/h1,7,9,18H,17H2,2-5H3/b8-7+/t9-/m1/s1. The van der Waals surface area contributed by atoms with Crippen molar-refractivity contribution in [2.45, 2.75) is 32.9 Å². The summed E-state index contributed by atoms with van der Waals surface area (Å²) < 4.78 is 14.1. The fourth-order valence-corrected chi connectivity index (χ4v) is 2.28. The summed E-state index contributed by atoms with van der Waals surface area (Å²) in [6, 6.07) is 0. The predicted octanol–water partition coefficient (Wildman–Crippen LogP) is 3.73. The van der Waals surface area contributed by atoms with E-state index >= 15 is 0 Å². The molecule has 0 fully saturated rings. The normalized spacial score (nSPS) is 13.3. The first-order chi connectivity index (χ1) is 8.31. The quantitative estimate of drug-likeness (QED) is 0.474. The molecule has 0 aromatic heterocycles. The van der Waals surface area contributed by atoms with Crippen molar-refractivity contribution in [3.8, 4) is 12.3 Å². The molecule has 0 radical (unpaired) electrons. The summed E-state index contributed by atoms with van der Waals surface area (Å²) in [5, 5.41) is 0.0796. The third-order valence-electron chi connectivity index (χ3n) is 3.08. The van der Waals surface area contributed by atoms with Crippen molar-refractivity contribution >= 4 is 23.9 Å². The van der Waals surface area contributed by atoms with E-state index in [1.165, 1.54) is 0 Å². The molecule has 1 aromatic carbocycles. The molecule has 1 rings (SSSR count). The number of hydrogen-bond donors (Lipinski definition) is 2. The maximum Gasteiger partial charge on any atom is 0.162 e. The summed E-state index contributed by atoms with van der Waals surface area (Å²) in [6.45, 7) is 7.56. The molecule has 18 heavy (non-hydrogen) atoms. The summed E-state index contributed by atoms with van der Waals surface area (Å²) >= 11 is 4.31. The van der Waals surface area contributed by atoms with Gasteiger partial charge in [-0.2, -0.15) is 12.6 Å². The number of thiol groups is 1. The molecule has 0 aliphatic carbocycles. The van der Waals surface area contributed by atoms with Crippen LogP contribution in [0.3, 0.4) is 0 Å². The Morgan fingerprint density at radius 3 is 2.44 bits per heavy atom. The molecule has 96 valence electrons. The van der Waals surface area contributed by atoms with Crippen LogP contribution in [0.1, 0.15) is 36.1 Å². The number of allylic oxidation sites excluding steroid dienone is 1. The van der Waals surface area contributed by atoms with Crippen molar-refractivity contribution in [3.63, 3.8) is 0 Å². The van der Waals surface area contributed by atoms with Crippen LogP contribution in [0.4, 0.5) is 10.1 Å². The number of benzene rings is 1. The Hall–Kier alpha value is -1.40. The molecule has 1 aromatic rings. The van der Waals surface area contributed by atoms with Crippen molar-refractivity contribution in [3.05, 3.63) is 34.1 Å². The Balaban J connectivity index is 3.69. The topological polar surface area (TPSA) is 26.0 Å². The minimum absolute atomic E-state index is 0.0796. The van der Waals surface area contributed by atoms with Crippen molar-refractivity contribution in [1.29, 1.82) is 0 Å². The van der Waals surface area contributed by atoms with Crippen LogP contribution >= 0.6 is 12.6 Å². The van der Waals surface area contributed by atoms with E-state index in [-0.39, 0.29) is 16.5 Å². The number of nitrogen functional groups attached to an aromatic ring is 1. The zero-order chi connectivity index (χ0) is 14.0. The van der Waals surface area contributed by atoms with Crippen LogP contribution in [0.2, 0.25) is 0 Å². The maximum absolute atomic E-state index is 14.1. The number of anilines is 1. The molecule has 0 spiro atoms. The van der Waals surface area contributed by atoms with E-state index in [0.29, 0.717) is 0 Å². The van der Waals surface area contributed by atoms with E-state index in [1.807, 2.05) is 26.8 Å². The molecule has 1 atom stereocenters. The Kier molecular flexibility index (Phi) is 4.48. The lowest BCUT2D eigenvalue weighted by molar-refractivity contribution is 0.627. The lowest BCUT2D eigenvalue weighted by Gasteiger charge is -2.16. The van der Waals surface area contributed by atoms with Gasteiger partial charge in [-0.1, -0.05) is 12.0 Å². The van der Waals surface area contributed by atoms with Crippen LogP contribution in [-0.4, -0.2) is 5.25 Å². The number of hydrogen-bond acceptors (Lipinski definition) is 2. The van der Waals surface area contributed by atoms with Crippen molar-refractivity contribution in [2.24, 2.45) is 0 Å². The van der Waals surface area contributed by atoms with Gasteiger partial charge in [0.15, 0.2) is 5.82 Å². The zero-order valence-corrected chi connectivity index (χ0v) is 12.0. The van der Waals surface area contributed by atoms with Crippen LogP contribution < -0.4 is 5.73 Å². The Bertz CT molecular complexity index is 551. The molecular formula is C15H18FNS. The molecule has 0 saturated heterocycles. The van der Waals surface area contributed by atoms with E-state index in [0.717, 1.165) is 22.3 Å². The molecule has 0 heterocycles. The zero-order valence-electron chi connectivity index (χ0n) is 11.1. The smallest absolute Gasteiger partial charge is 0.162 e. The average molecular weight is 263 g/mol. The van der Waals surface area contributed by atoms with Gasteiger partial charge in [0.25, 0.3) is 0 Å². The van der Waals surface area contributed by atoms with E-state index in [9.17, 15) is 4.39 Å². The largest absolute Gasteiger partial charge is 0.396 e. The van der Waals surface area contributed by atoms with Crippen molar-refractivity contribution < 1.29 is 4.39 Å². The third-order valence-corrected chi connectivity index (χ3v) is 3.23. The minimum Gasteiger partial charge on any atom is -0.396 e. The van der Waals surface area contributed by atoms with E-state index in [2.05, 4.69) is 18.5 Å². The van der Waals surface area contributed by atoms with Crippen molar-refractivity contribution in [1.82, 2.24) is 0 Å². The van der Waals surface area contributed by atoms with Gasteiger partial charge in [0.2, 0.25) is 0 Å². The van der Waals surface area contributed by atoms with Gasteiger partial charge < -0.3 is 5.73 Å². The Morgan fingerprint density at radius 1 is 1.44 bits per heavy atom. The van der Waals surface area contributed by atoms with Gasteiger partial charge in [0, 0.05) is 5.25 Å². The highest BCUT2D eigenvalue weighted by atomic mass is 32.1. The second-order valence-electron chi connectivity index (χ2n) is 4.46. The van der Waals surface area contributed by atoms with E-state index in [1.54, 1.807) is 6.92 Å². The Labute approximate surface area is 114 Å². The summed E-state index contributed by atoms with van der Waals surface area (Å²) in [5.41, 5.74) is 9.43. The summed E-state index contributed by atoms with van der Waals surface area (Å²) in [5.74, 6) is 1.90. The van der Waals surface area contributed by atoms with Gasteiger partial charge >= 0.3 is 0 Å². The molecule has 0 amide bonds. The third kappa shape index (κ3) is 2.54. The van der Waals surface area contributed by atoms with Crippen LogP contribution in [0.15, 0.2) is 6.08 Å². The molecule has 0 saturated carbocycles. The first-order valence-corrected chi connectivity index (χ1v) is 6.24. The fraction of sp³-hybridized carbons (Fsp3) is 0.333. The van der Waals surface area contributed by atoms with Crippen LogP contribution in [0, 0.1) is 32.0 Å². The molecule has 0 aliphatic rings. The monoisotopic (exact) mass is 263 g/mol. The summed E-state index contributed by atoms with van der Waals surface area (Å²) in [7, 11) is 0. The SMILES string of the molecule is C#Cc1c(F)c(N)c(C)c(C)c1/C(C)=C/[C@@H](C)S. The minimum atomic E-state index is -0.504. The molecular weight excluding hydrogens is 245 g/mol. The van der Waals surface area contributed by atoms with Gasteiger partial charge in [-0.05, 0) is 50.0 Å². The molecule has 0 unspecified atom stereocenters. The molecule has 0 aliphatic heterocycles. The van der Waals surface area contributed by atoms with Gasteiger partial charge in [-0.25, -0.2) is 4.39 Å². The highest BCUT2D eigenvalue weighted by molar-refractivity contribution is 7.81. The molecule has 3 heteroatoms. The molecule has 1 nitrogen and oxygen atoms in total. The average Bonchev–Trinajstić information content (AvgIpc) is 2.29. The number of nitrogens with two attached hydrogens (primary N) is 1. The van der Waals surface area contributed by atoms with Gasteiger partial charge in [0.05, 0.1) is 11.3 Å². The first-order valence-electron chi connectivity index (χ1n) is 5.72. The lowest BCUT2D eigenvalue weighted by atomic mass is 9.90. The fourth-order valence-electron chi connectivity index (χ4n) is 2.06. The Morgan fingerprint density at radius 2 is 2.00 bits per heavy atom. The highest BCUT2D eigenvalue weighted by Crippen LogP contribution is 2.32. The van der Waals surface area contributed by atoms with Crippen LogP contribution in [0.25, 0.3) is 5.57 Å². The number of terminal acetylenes is 1. The van der Waals surface area contributed by atoms with E-state index in [4.69, 9.17) is 12.2 Å². The summed E-state index contributed by atoms with van der Waals surface area (Å²) in [6.07, 6.45) is 7.36. The van der Waals surface area contributed by atoms with Gasteiger partial charge in [0.1, 0.15) is 0 Å². The number of rotatable bonds is 2. The second kappa shape index (κ2) is 5.49. The summed E-state index contributed by atoms with van der Waals surface area (Å²) in [4.78, 5) is 0. The molecule has 2 N–H and O–H groups in total. The lowest BCUT2D eigenvalue weighted by Crippen LogP contribution is -2.05. The first kappa shape index (κ1) is 14.7. The van der Waals surface area contributed by atoms with Gasteiger partial charge in [-0.3, -0.25) is 0 Å². The molecule has 0 bridgehead atoms. The number of halogens is 1. The second-order valence-corrected chi connectivity index (χ2v) is 5.28. The van der Waals surface area contributed by atoms with E-state index < -0.39 is 5.82 Å². The van der Waals surface area contributed by atoms with Crippen LogP contribution in [-0.2, 0) is 0 Å². The van der Waals surface area contributed by atoms with Crippen LogP contribution in [0.5, 0.6) is 0 Å².